The maximum atomic E-state index is 12.9. The highest BCUT2D eigenvalue weighted by atomic mass is 16.5. The molecule has 0 N–H and O–H groups in total. The van der Waals surface area contributed by atoms with E-state index in [0.717, 1.165) is 6.42 Å². The predicted octanol–water partition coefficient (Wildman–Crippen LogP) is 4.90. The summed E-state index contributed by atoms with van der Waals surface area (Å²) in [4.78, 5) is 25.0. The first-order valence-corrected chi connectivity index (χ1v) is 9.02. The van der Waals surface area contributed by atoms with Crippen LogP contribution in [0.1, 0.15) is 64.2 Å². The number of carbonyl (C=O) groups is 2. The SMILES string of the molecule is CC(CC(=O)C1[C@H](C)CC[C@@H](C)C1(C)C)OC(=O)c1ccccc1. The summed E-state index contributed by atoms with van der Waals surface area (Å²) < 4.78 is 5.47. The van der Waals surface area contributed by atoms with Crippen LogP contribution in [0.3, 0.4) is 0 Å². The summed E-state index contributed by atoms with van der Waals surface area (Å²) in [5, 5.41) is 0. The van der Waals surface area contributed by atoms with E-state index in [4.69, 9.17) is 4.74 Å². The van der Waals surface area contributed by atoms with Crippen LogP contribution in [-0.4, -0.2) is 17.9 Å². The second-order valence-electron chi connectivity index (χ2n) is 8.01. The van der Waals surface area contributed by atoms with Gasteiger partial charge in [0.15, 0.2) is 0 Å². The van der Waals surface area contributed by atoms with E-state index in [2.05, 4.69) is 27.7 Å². The summed E-state index contributed by atoms with van der Waals surface area (Å²) in [5.74, 6) is 0.831. The molecule has 2 unspecified atom stereocenters. The molecule has 0 amide bonds. The average Bonchev–Trinajstić information content (AvgIpc) is 2.51. The molecule has 1 aromatic rings. The fourth-order valence-corrected chi connectivity index (χ4v) is 4.10. The van der Waals surface area contributed by atoms with E-state index in [-0.39, 0.29) is 23.1 Å². The highest BCUT2D eigenvalue weighted by Gasteiger charge is 2.45. The lowest BCUT2D eigenvalue weighted by molar-refractivity contribution is -0.134. The summed E-state index contributed by atoms with van der Waals surface area (Å²) in [6.45, 7) is 10.6. The minimum absolute atomic E-state index is 0.00207. The maximum Gasteiger partial charge on any atom is 0.338 e. The van der Waals surface area contributed by atoms with Crippen LogP contribution in [0, 0.1) is 23.2 Å². The first-order valence-electron chi connectivity index (χ1n) is 9.02. The molecule has 3 nitrogen and oxygen atoms in total. The summed E-state index contributed by atoms with van der Waals surface area (Å²) in [7, 11) is 0. The maximum absolute atomic E-state index is 12.9. The first-order chi connectivity index (χ1) is 11.2. The van der Waals surface area contributed by atoms with Gasteiger partial charge in [-0.15, -0.1) is 0 Å². The van der Waals surface area contributed by atoms with Crippen molar-refractivity contribution in [3.05, 3.63) is 35.9 Å². The van der Waals surface area contributed by atoms with Gasteiger partial charge in [-0.2, -0.15) is 0 Å². The predicted molar refractivity (Wildman–Crippen MR) is 95.8 cm³/mol. The van der Waals surface area contributed by atoms with Crippen LogP contribution in [0.15, 0.2) is 30.3 Å². The minimum Gasteiger partial charge on any atom is -0.459 e. The zero-order valence-electron chi connectivity index (χ0n) is 15.5. The second-order valence-corrected chi connectivity index (χ2v) is 8.01. The Labute approximate surface area is 145 Å². The Bertz CT molecular complexity index is 576. The highest BCUT2D eigenvalue weighted by Crippen LogP contribution is 2.48. The fraction of sp³-hybridized carbons (Fsp3) is 0.619. The molecule has 1 aromatic carbocycles. The van der Waals surface area contributed by atoms with Crippen LogP contribution in [-0.2, 0) is 9.53 Å². The van der Waals surface area contributed by atoms with E-state index in [0.29, 0.717) is 23.8 Å². The van der Waals surface area contributed by atoms with Crippen molar-refractivity contribution in [3.8, 4) is 0 Å². The van der Waals surface area contributed by atoms with E-state index in [9.17, 15) is 9.59 Å². The molecular formula is C21H30O3. The number of carbonyl (C=O) groups excluding carboxylic acids is 2. The van der Waals surface area contributed by atoms with Gasteiger partial charge in [-0.1, -0.05) is 45.9 Å². The third-order valence-corrected chi connectivity index (χ3v) is 5.85. The molecule has 0 aliphatic heterocycles. The molecule has 0 bridgehead atoms. The normalized spacial score (nSPS) is 27.3. The highest BCUT2D eigenvalue weighted by molar-refractivity contribution is 5.90. The van der Waals surface area contributed by atoms with Crippen LogP contribution >= 0.6 is 0 Å². The summed E-state index contributed by atoms with van der Waals surface area (Å²) in [5.41, 5.74) is 0.523. The van der Waals surface area contributed by atoms with Gasteiger partial charge in [-0.3, -0.25) is 4.79 Å². The summed E-state index contributed by atoms with van der Waals surface area (Å²) in [6.07, 6.45) is 2.17. The first kappa shape index (κ1) is 18.7. The van der Waals surface area contributed by atoms with Gasteiger partial charge < -0.3 is 4.74 Å². The number of Topliss-reactive ketones (excluding diaryl/α,β-unsaturated/α-hetero) is 1. The zero-order valence-corrected chi connectivity index (χ0v) is 15.5. The van der Waals surface area contributed by atoms with Crippen LogP contribution in [0.25, 0.3) is 0 Å². The molecule has 24 heavy (non-hydrogen) atoms. The number of benzene rings is 1. The van der Waals surface area contributed by atoms with Crippen LogP contribution in [0.5, 0.6) is 0 Å². The molecule has 0 aromatic heterocycles. The van der Waals surface area contributed by atoms with Gasteiger partial charge in [0.2, 0.25) is 0 Å². The minimum atomic E-state index is -0.398. The molecule has 132 valence electrons. The van der Waals surface area contributed by atoms with Crippen molar-refractivity contribution in [2.75, 3.05) is 0 Å². The lowest BCUT2D eigenvalue weighted by atomic mass is 9.57. The molecule has 0 heterocycles. The molecule has 4 atom stereocenters. The van der Waals surface area contributed by atoms with Crippen molar-refractivity contribution >= 4 is 11.8 Å². The van der Waals surface area contributed by atoms with Crippen molar-refractivity contribution in [2.24, 2.45) is 23.2 Å². The third-order valence-electron chi connectivity index (χ3n) is 5.85. The van der Waals surface area contributed by atoms with E-state index in [1.807, 2.05) is 13.0 Å². The van der Waals surface area contributed by atoms with Gasteiger partial charge in [-0.25, -0.2) is 4.79 Å². The Balaban J connectivity index is 1.99. The topological polar surface area (TPSA) is 43.4 Å². The van der Waals surface area contributed by atoms with E-state index >= 15 is 0 Å². The van der Waals surface area contributed by atoms with Crippen LogP contribution in [0.4, 0.5) is 0 Å². The largest absolute Gasteiger partial charge is 0.459 e. The van der Waals surface area contributed by atoms with Crippen molar-refractivity contribution in [1.82, 2.24) is 0 Å². The Hall–Kier alpha value is -1.64. The lowest BCUT2D eigenvalue weighted by Crippen LogP contribution is -2.44. The number of ether oxygens (including phenoxy) is 1. The molecule has 2 rings (SSSR count). The van der Waals surface area contributed by atoms with Gasteiger partial charge in [0.25, 0.3) is 0 Å². The molecule has 1 saturated carbocycles. The number of hydrogen-bond acceptors (Lipinski definition) is 3. The molecule has 0 spiro atoms. The number of rotatable bonds is 5. The third kappa shape index (κ3) is 4.06. The molecular weight excluding hydrogens is 300 g/mol. The Morgan fingerprint density at radius 1 is 1.17 bits per heavy atom. The van der Waals surface area contributed by atoms with E-state index < -0.39 is 6.10 Å². The molecule has 1 fully saturated rings. The van der Waals surface area contributed by atoms with Gasteiger partial charge >= 0.3 is 5.97 Å². The Morgan fingerprint density at radius 3 is 2.42 bits per heavy atom. The Kier molecular flexibility index (Phi) is 5.84. The second kappa shape index (κ2) is 7.50. The monoisotopic (exact) mass is 330 g/mol. The van der Waals surface area contributed by atoms with Crippen molar-refractivity contribution in [1.29, 1.82) is 0 Å². The molecule has 0 radical (unpaired) electrons. The van der Waals surface area contributed by atoms with E-state index in [1.165, 1.54) is 6.42 Å². The van der Waals surface area contributed by atoms with Crippen molar-refractivity contribution in [2.45, 2.75) is 60.0 Å². The van der Waals surface area contributed by atoms with Crippen molar-refractivity contribution in [3.63, 3.8) is 0 Å². The lowest BCUT2D eigenvalue weighted by Gasteiger charge is -2.46. The van der Waals surface area contributed by atoms with Crippen LogP contribution in [0.2, 0.25) is 0 Å². The number of hydrogen-bond donors (Lipinski definition) is 0. The van der Waals surface area contributed by atoms with Crippen molar-refractivity contribution < 1.29 is 14.3 Å². The van der Waals surface area contributed by atoms with Crippen LogP contribution < -0.4 is 0 Å². The fourth-order valence-electron chi connectivity index (χ4n) is 4.10. The molecule has 3 heteroatoms. The molecule has 0 saturated heterocycles. The number of esters is 1. The standard InChI is InChI=1S/C21H30O3/c1-14-11-12-15(2)21(4,5)19(14)18(22)13-16(3)24-20(23)17-9-7-6-8-10-17/h6-10,14-16,19H,11-13H2,1-5H3/t14-,15-,16?,19?/m1/s1. The average molecular weight is 330 g/mol. The zero-order chi connectivity index (χ0) is 17.9. The van der Waals surface area contributed by atoms with E-state index in [1.54, 1.807) is 24.3 Å². The summed E-state index contributed by atoms with van der Waals surface area (Å²) in [6, 6.07) is 8.92. The van der Waals surface area contributed by atoms with Gasteiger partial charge in [0, 0.05) is 12.3 Å². The number of ketones is 1. The van der Waals surface area contributed by atoms with Gasteiger partial charge in [-0.05, 0) is 49.1 Å². The van der Waals surface area contributed by atoms with Gasteiger partial charge in [0.05, 0.1) is 5.56 Å². The quantitative estimate of drug-likeness (QED) is 0.721. The van der Waals surface area contributed by atoms with Gasteiger partial charge in [0.1, 0.15) is 11.9 Å². The Morgan fingerprint density at radius 2 is 1.79 bits per heavy atom. The summed E-state index contributed by atoms with van der Waals surface area (Å²) >= 11 is 0. The smallest absolute Gasteiger partial charge is 0.338 e. The molecule has 1 aliphatic carbocycles. The molecule has 1 aliphatic rings.